The summed E-state index contributed by atoms with van der Waals surface area (Å²) in [5, 5.41) is 3.42. The number of hydrogen-bond donors (Lipinski definition) is 1. The van der Waals surface area contributed by atoms with Crippen LogP contribution in [0.5, 0.6) is 5.75 Å². The Hall–Kier alpha value is -1.22. The van der Waals surface area contributed by atoms with E-state index in [1.54, 1.807) is 0 Å². The van der Waals surface area contributed by atoms with E-state index in [1.165, 1.54) is 31.2 Å². The van der Waals surface area contributed by atoms with Crippen LogP contribution in [0.2, 0.25) is 0 Å². The lowest BCUT2D eigenvalue weighted by Gasteiger charge is -2.36. The number of para-hydroxylation sites is 1. The molecule has 20 heavy (non-hydrogen) atoms. The number of rotatable bonds is 3. The molecule has 2 atom stereocenters. The Kier molecular flexibility index (Phi) is 4.16. The second-order valence-corrected chi connectivity index (χ2v) is 6.31. The molecular weight excluding hydrogens is 248 g/mol. The highest BCUT2D eigenvalue weighted by molar-refractivity contribution is 5.61. The van der Waals surface area contributed by atoms with Gasteiger partial charge >= 0.3 is 0 Å². The van der Waals surface area contributed by atoms with E-state index in [1.807, 2.05) is 0 Å². The first-order valence-electron chi connectivity index (χ1n) is 7.94. The van der Waals surface area contributed by atoms with Gasteiger partial charge in [-0.25, -0.2) is 0 Å². The fourth-order valence-electron chi connectivity index (χ4n) is 3.70. The van der Waals surface area contributed by atoms with Gasteiger partial charge in [-0.2, -0.15) is 0 Å². The van der Waals surface area contributed by atoms with E-state index in [0.29, 0.717) is 0 Å². The van der Waals surface area contributed by atoms with Crippen molar-refractivity contribution >= 4 is 5.69 Å². The molecule has 3 heteroatoms. The first kappa shape index (κ1) is 13.7. The fourth-order valence-corrected chi connectivity index (χ4v) is 3.70. The molecule has 0 bridgehead atoms. The Bertz CT molecular complexity index is 460. The summed E-state index contributed by atoms with van der Waals surface area (Å²) in [6.45, 7) is 5.07. The van der Waals surface area contributed by atoms with E-state index in [-0.39, 0.29) is 0 Å². The zero-order chi connectivity index (χ0) is 13.9. The van der Waals surface area contributed by atoms with E-state index in [4.69, 9.17) is 4.74 Å². The molecule has 3 nitrogen and oxygen atoms in total. The van der Waals surface area contributed by atoms with Crippen molar-refractivity contribution in [3.05, 3.63) is 23.8 Å². The van der Waals surface area contributed by atoms with E-state index in [2.05, 4.69) is 42.4 Å². The summed E-state index contributed by atoms with van der Waals surface area (Å²) in [4.78, 5) is 2.53. The number of nitrogens with one attached hydrogen (secondary N) is 1. The summed E-state index contributed by atoms with van der Waals surface area (Å²) >= 11 is 0. The molecule has 2 aliphatic rings. The summed E-state index contributed by atoms with van der Waals surface area (Å²) in [6, 6.07) is 7.17. The van der Waals surface area contributed by atoms with Crippen molar-refractivity contribution in [1.29, 1.82) is 0 Å². The van der Waals surface area contributed by atoms with Gasteiger partial charge in [0.1, 0.15) is 12.4 Å². The van der Waals surface area contributed by atoms with Crippen LogP contribution in [0, 0.1) is 5.92 Å². The lowest BCUT2D eigenvalue weighted by atomic mass is 9.85. The number of benzene rings is 1. The van der Waals surface area contributed by atoms with E-state index < -0.39 is 0 Å². The Morgan fingerprint density at radius 1 is 1.30 bits per heavy atom. The van der Waals surface area contributed by atoms with Crippen molar-refractivity contribution in [2.75, 3.05) is 25.5 Å². The molecule has 0 amide bonds. The molecule has 1 aliphatic heterocycles. The molecule has 0 saturated heterocycles. The molecule has 1 aromatic carbocycles. The van der Waals surface area contributed by atoms with Crippen molar-refractivity contribution in [3.63, 3.8) is 0 Å². The Labute approximate surface area is 122 Å². The zero-order valence-electron chi connectivity index (χ0n) is 12.7. The van der Waals surface area contributed by atoms with Crippen LogP contribution in [-0.4, -0.2) is 31.1 Å². The van der Waals surface area contributed by atoms with Crippen LogP contribution >= 0.6 is 0 Å². The topological polar surface area (TPSA) is 24.5 Å². The SMILES string of the molecule is CC1CCCCC1N(C)Cc1cccc2c1OCCN2. The van der Waals surface area contributed by atoms with Gasteiger partial charge in [-0.1, -0.05) is 31.9 Å². The normalized spacial score (nSPS) is 25.8. The zero-order valence-corrected chi connectivity index (χ0v) is 12.7. The third kappa shape index (κ3) is 2.78. The maximum atomic E-state index is 5.88. The average Bonchev–Trinajstić information content (AvgIpc) is 2.48. The molecule has 0 aromatic heterocycles. The van der Waals surface area contributed by atoms with Gasteiger partial charge < -0.3 is 10.1 Å². The fraction of sp³-hybridized carbons (Fsp3) is 0.647. The van der Waals surface area contributed by atoms with Crippen molar-refractivity contribution in [1.82, 2.24) is 4.90 Å². The van der Waals surface area contributed by atoms with Gasteiger partial charge in [0.05, 0.1) is 5.69 Å². The molecule has 1 heterocycles. The number of hydrogen-bond acceptors (Lipinski definition) is 3. The molecule has 0 radical (unpaired) electrons. The number of anilines is 1. The second-order valence-electron chi connectivity index (χ2n) is 6.31. The first-order chi connectivity index (χ1) is 9.75. The third-order valence-corrected chi connectivity index (χ3v) is 4.81. The summed E-state index contributed by atoms with van der Waals surface area (Å²) < 4.78 is 5.88. The summed E-state index contributed by atoms with van der Waals surface area (Å²) in [7, 11) is 2.27. The van der Waals surface area contributed by atoms with Gasteiger partial charge in [0.25, 0.3) is 0 Å². The van der Waals surface area contributed by atoms with Crippen LogP contribution in [-0.2, 0) is 6.54 Å². The standard InChI is InChI=1S/C17H26N2O/c1-13-6-3-4-9-16(13)19(2)12-14-7-5-8-15-17(14)20-11-10-18-15/h5,7-8,13,16,18H,3-4,6,9-12H2,1-2H3. The van der Waals surface area contributed by atoms with Gasteiger partial charge in [0.15, 0.2) is 0 Å². The van der Waals surface area contributed by atoms with Crippen molar-refractivity contribution in [2.45, 2.75) is 45.2 Å². The monoisotopic (exact) mass is 274 g/mol. The molecule has 1 N–H and O–H groups in total. The van der Waals surface area contributed by atoms with Crippen LogP contribution < -0.4 is 10.1 Å². The highest BCUT2D eigenvalue weighted by Gasteiger charge is 2.26. The largest absolute Gasteiger partial charge is 0.489 e. The van der Waals surface area contributed by atoms with Crippen LogP contribution in [0.15, 0.2) is 18.2 Å². The Morgan fingerprint density at radius 3 is 3.00 bits per heavy atom. The van der Waals surface area contributed by atoms with E-state index in [9.17, 15) is 0 Å². The van der Waals surface area contributed by atoms with Crippen LogP contribution in [0.4, 0.5) is 5.69 Å². The predicted octanol–water partition coefficient (Wildman–Crippen LogP) is 3.50. The minimum absolute atomic E-state index is 0.719. The van der Waals surface area contributed by atoms with Gasteiger partial charge in [-0.15, -0.1) is 0 Å². The molecule has 1 aliphatic carbocycles. The van der Waals surface area contributed by atoms with Crippen LogP contribution in [0.1, 0.15) is 38.2 Å². The highest BCUT2D eigenvalue weighted by atomic mass is 16.5. The molecule has 1 aromatic rings. The lowest BCUT2D eigenvalue weighted by Crippen LogP contribution is -2.38. The molecule has 110 valence electrons. The quantitative estimate of drug-likeness (QED) is 0.913. The second kappa shape index (κ2) is 6.04. The summed E-state index contributed by atoms with van der Waals surface area (Å²) in [5.74, 6) is 1.88. The Morgan fingerprint density at radius 2 is 2.15 bits per heavy atom. The lowest BCUT2D eigenvalue weighted by molar-refractivity contribution is 0.132. The molecule has 3 rings (SSSR count). The molecule has 0 spiro atoms. The third-order valence-electron chi connectivity index (χ3n) is 4.81. The minimum atomic E-state index is 0.719. The molecule has 1 saturated carbocycles. The van der Waals surface area contributed by atoms with Crippen molar-refractivity contribution in [3.8, 4) is 5.75 Å². The number of fused-ring (bicyclic) bond motifs is 1. The summed E-state index contributed by atoms with van der Waals surface area (Å²) in [5.41, 5.74) is 2.47. The van der Waals surface area contributed by atoms with Gasteiger partial charge in [-0.3, -0.25) is 4.90 Å². The predicted molar refractivity (Wildman–Crippen MR) is 83.3 cm³/mol. The number of nitrogens with zero attached hydrogens (tertiary/aromatic N) is 1. The molecule has 2 unspecified atom stereocenters. The molecule has 1 fully saturated rings. The van der Waals surface area contributed by atoms with Gasteiger partial charge in [0.2, 0.25) is 0 Å². The first-order valence-corrected chi connectivity index (χ1v) is 7.94. The molecular formula is C17H26N2O. The van der Waals surface area contributed by atoms with Crippen LogP contribution in [0.3, 0.4) is 0 Å². The number of ether oxygens (including phenoxy) is 1. The average molecular weight is 274 g/mol. The minimum Gasteiger partial charge on any atom is -0.489 e. The van der Waals surface area contributed by atoms with Crippen molar-refractivity contribution in [2.24, 2.45) is 5.92 Å². The van der Waals surface area contributed by atoms with E-state index in [0.717, 1.165) is 43.1 Å². The summed E-state index contributed by atoms with van der Waals surface area (Å²) in [6.07, 6.45) is 5.50. The van der Waals surface area contributed by atoms with Gasteiger partial charge in [0, 0.05) is 24.7 Å². The maximum Gasteiger partial charge on any atom is 0.146 e. The Balaban J connectivity index is 1.74. The van der Waals surface area contributed by atoms with E-state index >= 15 is 0 Å². The van der Waals surface area contributed by atoms with Gasteiger partial charge in [-0.05, 0) is 31.9 Å². The van der Waals surface area contributed by atoms with Crippen molar-refractivity contribution < 1.29 is 4.74 Å². The highest BCUT2D eigenvalue weighted by Crippen LogP contribution is 2.34. The smallest absolute Gasteiger partial charge is 0.146 e. The van der Waals surface area contributed by atoms with Crippen LogP contribution in [0.25, 0.3) is 0 Å². The maximum absolute atomic E-state index is 5.88.